The summed E-state index contributed by atoms with van der Waals surface area (Å²) in [4.78, 5) is 2.50. The van der Waals surface area contributed by atoms with Gasteiger partial charge in [-0.25, -0.2) is 0 Å². The Kier molecular flexibility index (Phi) is 5.43. The van der Waals surface area contributed by atoms with Crippen LogP contribution in [0.25, 0.3) is 0 Å². The summed E-state index contributed by atoms with van der Waals surface area (Å²) in [5.74, 6) is 0.417. The van der Waals surface area contributed by atoms with Crippen LogP contribution in [0.4, 0.5) is 13.2 Å². The average Bonchev–Trinajstić information content (AvgIpc) is 2.88. The van der Waals surface area contributed by atoms with Gasteiger partial charge in [-0.05, 0) is 44.3 Å². The monoisotopic (exact) mass is 455 g/mol. The fraction of sp³-hybridized carbons (Fsp3) is 0.688. The second-order valence-corrected chi connectivity index (χ2v) is 7.69. The van der Waals surface area contributed by atoms with Gasteiger partial charge in [-0.3, -0.25) is 9.58 Å². The molecule has 1 saturated carbocycles. The highest BCUT2D eigenvalue weighted by Gasteiger charge is 2.36. The number of hydrogen-bond donors (Lipinski definition) is 0. The molecule has 2 heterocycles. The molecule has 1 aromatic heterocycles. The van der Waals surface area contributed by atoms with Gasteiger partial charge in [0.2, 0.25) is 5.88 Å². The van der Waals surface area contributed by atoms with Crippen LogP contribution in [0.5, 0.6) is 5.88 Å². The van der Waals surface area contributed by atoms with Crippen LogP contribution >= 0.6 is 22.6 Å². The minimum absolute atomic E-state index is 0.00837. The van der Waals surface area contributed by atoms with Gasteiger partial charge in [0.1, 0.15) is 5.69 Å². The van der Waals surface area contributed by atoms with Crippen molar-refractivity contribution in [2.75, 3.05) is 13.1 Å². The van der Waals surface area contributed by atoms with E-state index in [4.69, 9.17) is 4.74 Å². The van der Waals surface area contributed by atoms with Gasteiger partial charge >= 0.3 is 6.18 Å². The summed E-state index contributed by atoms with van der Waals surface area (Å²) in [6.07, 6.45) is 3.03. The lowest BCUT2D eigenvalue weighted by molar-refractivity contribution is -0.143. The number of hydrogen-bond acceptors (Lipinski definition) is 3. The number of aromatic nitrogens is 2. The Balaban J connectivity index is 1.62. The molecule has 2 atom stereocenters. The van der Waals surface area contributed by atoms with Crippen molar-refractivity contribution in [2.24, 2.45) is 13.0 Å². The SMILES string of the molecule is Cn1nc(O/C=C2/CC[C@@H]2[C@H](I)N2CCCCC2)cc1C(F)(F)F. The van der Waals surface area contributed by atoms with E-state index in [0.717, 1.165) is 36.7 Å². The van der Waals surface area contributed by atoms with Crippen molar-refractivity contribution in [3.63, 3.8) is 0 Å². The fourth-order valence-electron chi connectivity index (χ4n) is 3.26. The number of alkyl halides is 4. The molecule has 4 nitrogen and oxygen atoms in total. The Morgan fingerprint density at radius 1 is 1.33 bits per heavy atom. The lowest BCUT2D eigenvalue weighted by Crippen LogP contribution is -2.43. The quantitative estimate of drug-likeness (QED) is 0.293. The van der Waals surface area contributed by atoms with Gasteiger partial charge in [0.25, 0.3) is 0 Å². The first-order valence-corrected chi connectivity index (χ1v) is 9.46. The third-order valence-corrected chi connectivity index (χ3v) is 6.43. The number of likely N-dealkylation sites (tertiary alicyclic amines) is 1. The summed E-state index contributed by atoms with van der Waals surface area (Å²) >= 11 is 2.49. The molecule has 0 bridgehead atoms. The Morgan fingerprint density at radius 2 is 2.04 bits per heavy atom. The summed E-state index contributed by atoms with van der Waals surface area (Å²) in [6, 6.07) is 0.941. The highest BCUT2D eigenvalue weighted by molar-refractivity contribution is 14.1. The first kappa shape index (κ1) is 18.0. The predicted octanol–water partition coefficient (Wildman–Crippen LogP) is 4.36. The van der Waals surface area contributed by atoms with Crippen molar-refractivity contribution in [2.45, 2.75) is 42.3 Å². The molecule has 0 spiro atoms. The molecule has 1 aliphatic carbocycles. The third-order valence-electron chi connectivity index (χ3n) is 4.77. The minimum atomic E-state index is -4.42. The van der Waals surface area contributed by atoms with Crippen LogP contribution in [0.3, 0.4) is 0 Å². The van der Waals surface area contributed by atoms with Crippen molar-refractivity contribution in [3.8, 4) is 5.88 Å². The molecule has 8 heteroatoms. The normalized spacial score (nSPS) is 25.5. The van der Waals surface area contributed by atoms with E-state index in [0.29, 0.717) is 9.97 Å². The number of halogens is 4. The lowest BCUT2D eigenvalue weighted by Gasteiger charge is -2.41. The lowest BCUT2D eigenvalue weighted by atomic mass is 9.79. The zero-order valence-electron chi connectivity index (χ0n) is 13.5. The molecule has 2 fully saturated rings. The summed E-state index contributed by atoms with van der Waals surface area (Å²) in [7, 11) is 1.27. The van der Waals surface area contributed by atoms with Crippen molar-refractivity contribution in [1.29, 1.82) is 0 Å². The Morgan fingerprint density at radius 3 is 2.58 bits per heavy atom. The number of rotatable bonds is 4. The maximum absolute atomic E-state index is 12.8. The van der Waals surface area contributed by atoms with Crippen LogP contribution in [0.2, 0.25) is 0 Å². The van der Waals surface area contributed by atoms with Crippen molar-refractivity contribution in [3.05, 3.63) is 23.6 Å². The van der Waals surface area contributed by atoms with E-state index in [1.165, 1.54) is 31.9 Å². The van der Waals surface area contributed by atoms with Crippen molar-refractivity contribution < 1.29 is 17.9 Å². The van der Waals surface area contributed by atoms with Crippen LogP contribution in [0.1, 0.15) is 37.8 Å². The second kappa shape index (κ2) is 7.23. The third kappa shape index (κ3) is 3.89. The van der Waals surface area contributed by atoms with Crippen molar-refractivity contribution >= 4 is 22.6 Å². The van der Waals surface area contributed by atoms with Gasteiger partial charge in [0.05, 0.1) is 10.3 Å². The number of nitrogens with zero attached hydrogens (tertiary/aromatic N) is 3. The zero-order valence-corrected chi connectivity index (χ0v) is 15.7. The molecule has 0 amide bonds. The molecule has 2 aliphatic rings. The fourth-order valence-corrected chi connectivity index (χ4v) is 4.64. The number of piperidine rings is 1. The topological polar surface area (TPSA) is 30.3 Å². The van der Waals surface area contributed by atoms with Gasteiger partial charge in [0, 0.05) is 19.0 Å². The molecule has 1 saturated heterocycles. The first-order chi connectivity index (χ1) is 11.4. The Hall–Kier alpha value is -0.770. The van der Waals surface area contributed by atoms with E-state index >= 15 is 0 Å². The molecule has 0 radical (unpaired) electrons. The Labute approximate surface area is 153 Å². The second-order valence-electron chi connectivity index (χ2n) is 6.41. The summed E-state index contributed by atoms with van der Waals surface area (Å²) < 4.78 is 45.0. The molecule has 0 aromatic carbocycles. The average molecular weight is 455 g/mol. The summed E-state index contributed by atoms with van der Waals surface area (Å²) in [6.45, 7) is 2.26. The van der Waals surface area contributed by atoms with Crippen LogP contribution in [0, 0.1) is 5.92 Å². The first-order valence-electron chi connectivity index (χ1n) is 8.21. The molecular weight excluding hydrogens is 434 g/mol. The van der Waals surface area contributed by atoms with Gasteiger partial charge in [-0.2, -0.15) is 13.2 Å². The molecule has 1 aromatic rings. The summed E-state index contributed by atoms with van der Waals surface area (Å²) in [5.41, 5.74) is 0.361. The van der Waals surface area contributed by atoms with Gasteiger partial charge in [0.15, 0.2) is 0 Å². The van der Waals surface area contributed by atoms with Crippen LogP contribution in [0.15, 0.2) is 17.9 Å². The standard InChI is InChI=1S/C16H21F3IN3O/c1-22-13(16(17,18)19)9-14(21-22)24-10-11-5-6-12(11)15(20)23-7-3-2-4-8-23/h9-10,12,15H,2-8H2,1H3/b11-10-/t12-,15+/m0/s1. The predicted molar refractivity (Wildman–Crippen MR) is 92.9 cm³/mol. The molecule has 0 unspecified atom stereocenters. The van der Waals surface area contributed by atoms with Gasteiger partial charge in [-0.1, -0.05) is 29.0 Å². The highest BCUT2D eigenvalue weighted by Crippen LogP contribution is 2.41. The van der Waals surface area contributed by atoms with E-state index in [1.54, 1.807) is 6.26 Å². The molecule has 3 rings (SSSR count). The Bertz CT molecular complexity index is 608. The van der Waals surface area contributed by atoms with E-state index in [-0.39, 0.29) is 5.88 Å². The van der Waals surface area contributed by atoms with Crippen LogP contribution in [-0.2, 0) is 13.2 Å². The van der Waals surface area contributed by atoms with E-state index in [1.807, 2.05) is 0 Å². The molecule has 134 valence electrons. The molecular formula is C16H21F3IN3O. The van der Waals surface area contributed by atoms with E-state index < -0.39 is 11.9 Å². The minimum Gasteiger partial charge on any atom is -0.445 e. The maximum atomic E-state index is 12.8. The highest BCUT2D eigenvalue weighted by atomic mass is 127. The van der Waals surface area contributed by atoms with Crippen LogP contribution < -0.4 is 4.74 Å². The molecule has 1 aliphatic heterocycles. The molecule has 24 heavy (non-hydrogen) atoms. The molecule has 0 N–H and O–H groups in total. The number of aryl methyl sites for hydroxylation is 1. The smallest absolute Gasteiger partial charge is 0.433 e. The largest absolute Gasteiger partial charge is 0.445 e. The number of ether oxygens (including phenoxy) is 1. The van der Waals surface area contributed by atoms with E-state index in [9.17, 15) is 13.2 Å². The van der Waals surface area contributed by atoms with Crippen molar-refractivity contribution in [1.82, 2.24) is 14.7 Å². The summed E-state index contributed by atoms with van der Waals surface area (Å²) in [5, 5.41) is 3.78. The van der Waals surface area contributed by atoms with Gasteiger partial charge in [-0.15, -0.1) is 5.10 Å². The zero-order chi connectivity index (χ0) is 17.3. The maximum Gasteiger partial charge on any atom is 0.433 e. The van der Waals surface area contributed by atoms with Gasteiger partial charge < -0.3 is 4.74 Å². The van der Waals surface area contributed by atoms with Crippen LogP contribution in [-0.4, -0.2) is 31.8 Å². The van der Waals surface area contributed by atoms with E-state index in [2.05, 4.69) is 32.6 Å².